The van der Waals surface area contributed by atoms with Crippen LogP contribution < -0.4 is 10.6 Å². The molecule has 272 valence electrons. The van der Waals surface area contributed by atoms with Crippen LogP contribution in [0.25, 0.3) is 0 Å². The Morgan fingerprint density at radius 1 is 0.894 bits per heavy atom. The van der Waals surface area contributed by atoms with Crippen LogP contribution in [0.4, 0.5) is 0 Å². The van der Waals surface area contributed by atoms with Crippen molar-refractivity contribution >= 4 is 17.8 Å². The van der Waals surface area contributed by atoms with Crippen molar-refractivity contribution in [3.8, 4) is 0 Å². The zero-order chi connectivity index (χ0) is 35.4. The summed E-state index contributed by atoms with van der Waals surface area (Å²) in [6.07, 6.45) is -25.5. The van der Waals surface area contributed by atoms with Gasteiger partial charge in [0.15, 0.2) is 12.6 Å². The van der Waals surface area contributed by atoms with Crippen molar-refractivity contribution in [1.29, 1.82) is 0 Å². The van der Waals surface area contributed by atoms with Gasteiger partial charge in [-0.1, -0.05) is 0 Å². The number of amides is 2. The Kier molecular flexibility index (Phi) is 13.7. The van der Waals surface area contributed by atoms with Gasteiger partial charge in [0.25, 0.3) is 5.79 Å². The zero-order valence-corrected chi connectivity index (χ0v) is 24.8. The molecule has 47 heavy (non-hydrogen) atoms. The second-order valence-electron chi connectivity index (χ2n) is 11.3. The molecule has 3 saturated heterocycles. The molecule has 3 heterocycles. The normalized spacial score (nSPS) is 42.3. The lowest BCUT2D eigenvalue weighted by atomic mass is 9.88. The first-order chi connectivity index (χ1) is 22.0. The molecular weight excluding hydrogens is 648 g/mol. The minimum Gasteiger partial charge on any atom is -0.477 e. The van der Waals surface area contributed by atoms with Crippen molar-refractivity contribution < 1.29 is 99.3 Å². The van der Waals surface area contributed by atoms with Gasteiger partial charge in [0.2, 0.25) is 11.8 Å². The number of hydrogen-bond acceptors (Lipinski definition) is 19. The van der Waals surface area contributed by atoms with E-state index in [1.807, 2.05) is 0 Å². The van der Waals surface area contributed by atoms with Crippen molar-refractivity contribution in [3.63, 3.8) is 0 Å². The van der Waals surface area contributed by atoms with Gasteiger partial charge in [0, 0.05) is 13.3 Å². The highest BCUT2D eigenvalue weighted by atomic mass is 16.7. The molecule has 14 N–H and O–H groups in total. The maximum atomic E-state index is 12.5. The molecule has 3 fully saturated rings. The Bertz CT molecular complexity index is 1070. The van der Waals surface area contributed by atoms with Crippen molar-refractivity contribution in [2.24, 2.45) is 0 Å². The number of carboxylic acids is 1. The van der Waals surface area contributed by atoms with Gasteiger partial charge in [-0.2, -0.15) is 0 Å². The van der Waals surface area contributed by atoms with Gasteiger partial charge in [-0.15, -0.1) is 0 Å². The van der Waals surface area contributed by atoms with Crippen LogP contribution in [-0.4, -0.2) is 203 Å². The van der Waals surface area contributed by atoms with Crippen LogP contribution in [0.3, 0.4) is 0 Å². The third-order valence-corrected chi connectivity index (χ3v) is 7.97. The number of carbonyl (C=O) groups is 3. The molecule has 2 amide bonds. The van der Waals surface area contributed by atoms with Gasteiger partial charge in [-0.3, -0.25) is 9.59 Å². The molecule has 0 aromatic heterocycles. The van der Waals surface area contributed by atoms with E-state index in [1.165, 1.54) is 0 Å². The highest BCUT2D eigenvalue weighted by Crippen LogP contribution is 2.35. The highest BCUT2D eigenvalue weighted by Gasteiger charge is 2.57. The molecule has 0 spiro atoms. The molecule has 0 aromatic carbocycles. The molecule has 16 atom stereocenters. The molecule has 3 aliphatic rings. The van der Waals surface area contributed by atoms with E-state index in [4.69, 9.17) is 28.8 Å². The van der Waals surface area contributed by atoms with Crippen LogP contribution in [-0.2, 0) is 38.1 Å². The molecule has 22 heteroatoms. The number of ether oxygens (including phenoxy) is 5. The average Bonchev–Trinajstić information content (AvgIpc) is 3.03. The van der Waals surface area contributed by atoms with Crippen LogP contribution in [0, 0.1) is 0 Å². The summed E-state index contributed by atoms with van der Waals surface area (Å²) in [5, 5.41) is 126. The van der Waals surface area contributed by atoms with Crippen molar-refractivity contribution in [2.75, 3.05) is 26.4 Å². The Morgan fingerprint density at radius 3 is 2.11 bits per heavy atom. The van der Waals surface area contributed by atoms with Crippen LogP contribution in [0.5, 0.6) is 0 Å². The summed E-state index contributed by atoms with van der Waals surface area (Å²) in [6, 6.07) is -3.24. The summed E-state index contributed by atoms with van der Waals surface area (Å²) in [6.45, 7) is -2.95. The smallest absolute Gasteiger partial charge is 0.364 e. The van der Waals surface area contributed by atoms with E-state index in [0.717, 1.165) is 6.92 Å². The summed E-state index contributed by atoms with van der Waals surface area (Å²) in [7, 11) is 0. The molecular formula is C25H42N2O20. The van der Waals surface area contributed by atoms with Crippen LogP contribution in [0.2, 0.25) is 0 Å². The van der Waals surface area contributed by atoms with Crippen molar-refractivity contribution in [1.82, 2.24) is 10.6 Å². The monoisotopic (exact) mass is 690 g/mol. The zero-order valence-electron chi connectivity index (χ0n) is 24.8. The molecule has 0 bridgehead atoms. The lowest BCUT2D eigenvalue weighted by Gasteiger charge is -2.48. The predicted octanol–water partition coefficient (Wildman–Crippen LogP) is -9.11. The Hall–Kier alpha value is -2.23. The topological polar surface area (TPSA) is 364 Å². The third kappa shape index (κ3) is 8.69. The number of hydrogen-bond donors (Lipinski definition) is 14. The van der Waals surface area contributed by atoms with Crippen molar-refractivity contribution in [2.45, 2.75) is 111 Å². The number of nitrogens with one attached hydrogen (secondary N) is 2. The Labute approximate surface area is 265 Å². The van der Waals surface area contributed by atoms with Gasteiger partial charge >= 0.3 is 5.97 Å². The number of rotatable bonds is 13. The van der Waals surface area contributed by atoms with E-state index in [1.54, 1.807) is 0 Å². The van der Waals surface area contributed by atoms with Gasteiger partial charge < -0.3 is 95.6 Å². The van der Waals surface area contributed by atoms with Gasteiger partial charge in [0.1, 0.15) is 73.7 Å². The van der Waals surface area contributed by atoms with Crippen LogP contribution in [0.1, 0.15) is 13.3 Å². The Morgan fingerprint density at radius 2 is 1.55 bits per heavy atom. The minimum absolute atomic E-state index is 0.756. The second-order valence-corrected chi connectivity index (χ2v) is 11.3. The molecule has 3 aliphatic heterocycles. The summed E-state index contributed by atoms with van der Waals surface area (Å²) in [5.74, 6) is -6.66. The number of aliphatic hydroxyl groups excluding tert-OH is 11. The van der Waals surface area contributed by atoms with E-state index in [0.29, 0.717) is 0 Å². The molecule has 0 unspecified atom stereocenters. The predicted molar refractivity (Wildman–Crippen MR) is 143 cm³/mol. The summed E-state index contributed by atoms with van der Waals surface area (Å²) in [4.78, 5) is 36.2. The first kappa shape index (κ1) is 39.2. The number of carbonyl (C=O) groups excluding carboxylic acids is 2. The van der Waals surface area contributed by atoms with Gasteiger partial charge in [0.05, 0.1) is 32.0 Å². The summed E-state index contributed by atoms with van der Waals surface area (Å²) >= 11 is 0. The van der Waals surface area contributed by atoms with E-state index in [9.17, 15) is 70.6 Å². The lowest BCUT2D eigenvalue weighted by molar-refractivity contribution is -0.351. The fraction of sp³-hybridized carbons (Fsp3) is 0.880. The molecule has 0 aliphatic carbocycles. The van der Waals surface area contributed by atoms with Gasteiger partial charge in [-0.25, -0.2) is 4.79 Å². The highest BCUT2D eigenvalue weighted by molar-refractivity contribution is 5.78. The first-order valence-electron chi connectivity index (χ1n) is 14.4. The SMILES string of the molecule is CC(=O)N[C@@H]1[C@@H](O[C@@H]2O[C@H](CO)[C@H](O)[C@H](O)[C@H]2O)[C@@H](O)[C@@H](CO[C@]2(C(=O)O)C[C@H](O)[C@@H](NC(=O)CO)[C@H]([C@H](O)[C@H](O)CO)O2)O[C@@H]1O. The standard InChI is InChI=1S/C25H42N2O20/c1-7(31)26-14-20(46-23-19(39)18(38)16(36)10(4-29)45-23)17(37)11(44-22(14)40)6-43-25(24(41)42)2-8(32)13(27-12(34)5-30)21(47-25)15(35)9(33)3-28/h8-11,13-23,28-30,32-33,35-40H,2-6H2,1H3,(H,26,31)(H,27,34)(H,41,42)/t8-,9+,10+,11+,13+,14+,15+,16-,17-,18-,19+,20+,21+,22-,23-,25+/m0/s1. The molecule has 0 saturated carbocycles. The number of carboxylic acid groups (broad SMARTS) is 1. The van der Waals surface area contributed by atoms with E-state index in [-0.39, 0.29) is 0 Å². The van der Waals surface area contributed by atoms with E-state index >= 15 is 0 Å². The largest absolute Gasteiger partial charge is 0.477 e. The van der Waals surface area contributed by atoms with Crippen molar-refractivity contribution in [3.05, 3.63) is 0 Å². The van der Waals surface area contributed by atoms with Crippen LogP contribution >= 0.6 is 0 Å². The Balaban J connectivity index is 1.88. The second kappa shape index (κ2) is 16.4. The summed E-state index contributed by atoms with van der Waals surface area (Å²) in [5.41, 5.74) is 0. The maximum Gasteiger partial charge on any atom is 0.364 e. The fourth-order valence-corrected chi connectivity index (χ4v) is 5.45. The molecule has 0 radical (unpaired) electrons. The van der Waals surface area contributed by atoms with Gasteiger partial charge in [-0.05, 0) is 0 Å². The molecule has 0 aromatic rings. The van der Waals surface area contributed by atoms with E-state index < -0.39 is 148 Å². The number of aliphatic carboxylic acids is 1. The quantitative estimate of drug-likeness (QED) is 0.0852. The number of aliphatic hydroxyl groups is 11. The fourth-order valence-electron chi connectivity index (χ4n) is 5.45. The third-order valence-electron chi connectivity index (χ3n) is 7.97. The minimum atomic E-state index is -2.91. The van der Waals surface area contributed by atoms with E-state index in [2.05, 4.69) is 10.6 Å². The maximum absolute atomic E-state index is 12.5. The average molecular weight is 691 g/mol. The van der Waals surface area contributed by atoms with Crippen LogP contribution in [0.15, 0.2) is 0 Å². The summed E-state index contributed by atoms with van der Waals surface area (Å²) < 4.78 is 27.1. The first-order valence-corrected chi connectivity index (χ1v) is 14.4. The lowest BCUT2D eigenvalue weighted by Crippen LogP contribution is -2.69. The molecule has 22 nitrogen and oxygen atoms in total. The molecule has 3 rings (SSSR count).